The molecule has 2 atom stereocenters. The van der Waals surface area contributed by atoms with Crippen molar-refractivity contribution in [1.82, 2.24) is 19.6 Å². The highest BCUT2D eigenvalue weighted by Gasteiger charge is 2.30. The van der Waals surface area contributed by atoms with E-state index in [9.17, 15) is 18.0 Å². The number of hydrogen-bond donors (Lipinski definition) is 2. The maximum absolute atomic E-state index is 13.1. The van der Waals surface area contributed by atoms with Crippen molar-refractivity contribution < 1.29 is 18.0 Å². The molecule has 9 heteroatoms. The van der Waals surface area contributed by atoms with Crippen LogP contribution in [0.4, 0.5) is 13.2 Å². The molecule has 6 nitrogen and oxygen atoms in total. The average Bonchev–Trinajstić information content (AvgIpc) is 3.40. The van der Waals surface area contributed by atoms with Crippen LogP contribution in [0.25, 0.3) is 5.65 Å². The number of likely N-dealkylation sites (tertiary alicyclic amines) is 1. The van der Waals surface area contributed by atoms with Gasteiger partial charge in [-0.3, -0.25) is 14.1 Å². The number of rotatable bonds is 8. The van der Waals surface area contributed by atoms with Gasteiger partial charge in [-0.15, -0.1) is 0 Å². The first kappa shape index (κ1) is 25.2. The highest BCUT2D eigenvalue weighted by molar-refractivity contribution is 5.93. The van der Waals surface area contributed by atoms with Crippen LogP contribution >= 0.6 is 0 Å². The Balaban J connectivity index is 1.47. The van der Waals surface area contributed by atoms with Gasteiger partial charge in [0, 0.05) is 44.3 Å². The van der Waals surface area contributed by atoms with Crippen LogP contribution in [0, 0.1) is 5.92 Å². The lowest BCUT2D eigenvalue weighted by molar-refractivity contribution is -0.137. The Morgan fingerprint density at radius 1 is 1.20 bits per heavy atom. The number of carbonyl (C=O) groups excluding carboxylic acids is 1. The van der Waals surface area contributed by atoms with E-state index in [0.29, 0.717) is 30.3 Å². The molecule has 0 bridgehead atoms. The first-order valence-corrected chi connectivity index (χ1v) is 12.0. The summed E-state index contributed by atoms with van der Waals surface area (Å²) in [6, 6.07) is 10.8. The van der Waals surface area contributed by atoms with Gasteiger partial charge in [0.1, 0.15) is 11.3 Å². The molecule has 188 valence electrons. The van der Waals surface area contributed by atoms with Gasteiger partial charge in [-0.2, -0.15) is 13.2 Å². The average molecular weight is 488 g/mol. The highest BCUT2D eigenvalue weighted by atomic mass is 19.4. The van der Waals surface area contributed by atoms with Crippen LogP contribution in [0.15, 0.2) is 48.7 Å². The Hall–Kier alpha value is -2.91. The Labute approximate surface area is 203 Å². The van der Waals surface area contributed by atoms with Gasteiger partial charge in [0.15, 0.2) is 0 Å². The van der Waals surface area contributed by atoms with Crippen LogP contribution in [0.3, 0.4) is 0 Å². The van der Waals surface area contributed by atoms with Crippen LogP contribution in [-0.2, 0) is 12.7 Å². The van der Waals surface area contributed by atoms with Crippen LogP contribution in [-0.4, -0.2) is 45.9 Å². The highest BCUT2D eigenvalue weighted by Crippen LogP contribution is 2.31. The van der Waals surface area contributed by atoms with Gasteiger partial charge >= 0.3 is 6.18 Å². The summed E-state index contributed by atoms with van der Waals surface area (Å²) in [5, 5.41) is 2.99. The summed E-state index contributed by atoms with van der Waals surface area (Å²) in [7, 11) is 0. The minimum atomic E-state index is -4.37. The van der Waals surface area contributed by atoms with E-state index in [4.69, 9.17) is 5.73 Å². The zero-order valence-corrected chi connectivity index (χ0v) is 20.1. The van der Waals surface area contributed by atoms with Crippen LogP contribution in [0.2, 0.25) is 0 Å². The Bertz CT molecular complexity index is 1160. The maximum Gasteiger partial charge on any atom is 0.416 e. The van der Waals surface area contributed by atoms with E-state index in [0.717, 1.165) is 49.3 Å². The Morgan fingerprint density at radius 3 is 2.57 bits per heavy atom. The molecule has 3 aromatic rings. The predicted octanol–water partition coefficient (Wildman–Crippen LogP) is 4.45. The third-order valence-electron chi connectivity index (χ3n) is 6.44. The number of alkyl halides is 3. The van der Waals surface area contributed by atoms with Gasteiger partial charge in [0.05, 0.1) is 11.3 Å². The molecule has 1 fully saturated rings. The minimum Gasteiger partial charge on any atom is -0.350 e. The molecule has 2 unspecified atom stereocenters. The number of amides is 1. The molecule has 2 aromatic heterocycles. The van der Waals surface area contributed by atoms with Gasteiger partial charge in [-0.1, -0.05) is 32.0 Å². The van der Waals surface area contributed by atoms with Gasteiger partial charge in [0.25, 0.3) is 5.91 Å². The van der Waals surface area contributed by atoms with Crippen molar-refractivity contribution in [2.24, 2.45) is 11.7 Å². The molecular weight excluding hydrogens is 455 g/mol. The number of fused-ring (bicyclic) bond motifs is 1. The molecule has 3 heterocycles. The summed E-state index contributed by atoms with van der Waals surface area (Å²) in [6.45, 7) is 6.89. The summed E-state index contributed by atoms with van der Waals surface area (Å²) in [6.07, 6.45) is -0.778. The van der Waals surface area contributed by atoms with Crippen LogP contribution in [0.5, 0.6) is 0 Å². The van der Waals surface area contributed by atoms with E-state index in [-0.39, 0.29) is 17.9 Å². The number of aromatic nitrogens is 2. The second-order valence-electron chi connectivity index (χ2n) is 9.81. The Morgan fingerprint density at radius 2 is 1.94 bits per heavy atom. The lowest BCUT2D eigenvalue weighted by atomic mass is 9.89. The molecule has 35 heavy (non-hydrogen) atoms. The van der Waals surface area contributed by atoms with Crippen LogP contribution in [0.1, 0.15) is 59.9 Å². The molecular formula is C26H32F3N5O. The van der Waals surface area contributed by atoms with Crippen molar-refractivity contribution in [2.75, 3.05) is 19.6 Å². The largest absolute Gasteiger partial charge is 0.416 e. The minimum absolute atomic E-state index is 0.0989. The monoisotopic (exact) mass is 487 g/mol. The number of carbonyl (C=O) groups is 1. The number of nitrogens with two attached hydrogens (primary N) is 1. The van der Waals surface area contributed by atoms with Crippen molar-refractivity contribution in [1.29, 1.82) is 0 Å². The normalized spacial score (nSPS) is 17.9. The van der Waals surface area contributed by atoms with Gasteiger partial charge in [0.2, 0.25) is 0 Å². The molecule has 1 amide bonds. The van der Waals surface area contributed by atoms with Gasteiger partial charge < -0.3 is 11.1 Å². The lowest BCUT2D eigenvalue weighted by Gasteiger charge is -2.21. The number of pyridine rings is 1. The fourth-order valence-corrected chi connectivity index (χ4v) is 4.71. The second-order valence-corrected chi connectivity index (χ2v) is 9.81. The number of nitrogens with one attached hydrogen (secondary N) is 1. The molecule has 3 N–H and O–H groups in total. The zero-order chi connectivity index (χ0) is 25.2. The molecule has 4 rings (SSSR count). The number of nitrogens with zero attached hydrogens (tertiary/aromatic N) is 3. The zero-order valence-electron chi connectivity index (χ0n) is 20.1. The van der Waals surface area contributed by atoms with Crippen molar-refractivity contribution in [3.05, 3.63) is 71.2 Å². The predicted molar refractivity (Wildman–Crippen MR) is 129 cm³/mol. The molecule has 0 spiro atoms. The molecule has 1 saturated heterocycles. The topological polar surface area (TPSA) is 75.7 Å². The number of halogens is 3. The van der Waals surface area contributed by atoms with Crippen molar-refractivity contribution in [2.45, 2.75) is 51.4 Å². The summed E-state index contributed by atoms with van der Waals surface area (Å²) in [5.41, 5.74) is 8.14. The molecule has 1 aromatic carbocycles. The summed E-state index contributed by atoms with van der Waals surface area (Å²) in [4.78, 5) is 20.0. The first-order chi connectivity index (χ1) is 16.6. The van der Waals surface area contributed by atoms with E-state index >= 15 is 0 Å². The van der Waals surface area contributed by atoms with E-state index in [1.54, 1.807) is 16.5 Å². The third-order valence-corrected chi connectivity index (χ3v) is 6.44. The van der Waals surface area contributed by atoms with Crippen molar-refractivity contribution in [3.8, 4) is 0 Å². The quantitative estimate of drug-likeness (QED) is 0.493. The number of benzene rings is 1. The fourth-order valence-electron chi connectivity index (χ4n) is 4.71. The van der Waals surface area contributed by atoms with Crippen molar-refractivity contribution in [3.63, 3.8) is 0 Å². The second kappa shape index (κ2) is 10.4. The Kier molecular flexibility index (Phi) is 7.47. The van der Waals surface area contributed by atoms with E-state index in [2.05, 4.69) is 29.0 Å². The summed E-state index contributed by atoms with van der Waals surface area (Å²) in [5.74, 6) is -0.0286. The van der Waals surface area contributed by atoms with E-state index in [1.165, 1.54) is 12.1 Å². The summed E-state index contributed by atoms with van der Waals surface area (Å²) < 4.78 is 40.7. The standard InChI is InChI=1S/C26H32F3N5O/c1-17(2)12-19(18-6-8-20(9-7-18)26(27,28)29)13-31-25(35)23-4-3-5-24-32-22(16-34(23)24)15-33-11-10-21(30)14-33/h3-9,16-17,19,21H,10-15,30H2,1-2H3,(H,31,35). The fraction of sp³-hybridized carbons (Fsp3) is 0.462. The van der Waals surface area contributed by atoms with Gasteiger partial charge in [-0.05, 0) is 48.6 Å². The first-order valence-electron chi connectivity index (χ1n) is 12.0. The molecule has 0 aliphatic carbocycles. The third kappa shape index (κ3) is 6.21. The maximum atomic E-state index is 13.1. The SMILES string of the molecule is CC(C)CC(CNC(=O)c1cccc2nc(CN3CCC(N)C3)cn12)c1ccc(C(F)(F)F)cc1. The smallest absolute Gasteiger partial charge is 0.350 e. The summed E-state index contributed by atoms with van der Waals surface area (Å²) >= 11 is 0. The molecule has 1 aliphatic rings. The van der Waals surface area contributed by atoms with E-state index in [1.807, 2.05) is 12.3 Å². The molecule has 1 aliphatic heterocycles. The molecule has 0 saturated carbocycles. The molecule has 0 radical (unpaired) electrons. The van der Waals surface area contributed by atoms with E-state index < -0.39 is 11.7 Å². The lowest BCUT2D eigenvalue weighted by Crippen LogP contribution is -2.30. The number of imidazole rings is 1. The van der Waals surface area contributed by atoms with Gasteiger partial charge in [-0.25, -0.2) is 4.98 Å². The van der Waals surface area contributed by atoms with Crippen LogP contribution < -0.4 is 11.1 Å². The number of hydrogen-bond acceptors (Lipinski definition) is 4. The van der Waals surface area contributed by atoms with Crippen molar-refractivity contribution >= 4 is 11.6 Å².